The first-order chi connectivity index (χ1) is 11.6. The molecule has 2 heterocycles. The largest absolute Gasteiger partial charge is 0.376 e. The summed E-state index contributed by atoms with van der Waals surface area (Å²) in [6.45, 7) is 2.00. The number of rotatable bonds is 4. The van der Waals surface area contributed by atoms with E-state index in [1.807, 2.05) is 36.0 Å². The Hall–Kier alpha value is -1.96. The highest BCUT2D eigenvalue weighted by atomic mass is 32.2. The molecule has 1 fully saturated rings. The van der Waals surface area contributed by atoms with Gasteiger partial charge in [-0.25, -0.2) is 0 Å². The third-order valence-electron chi connectivity index (χ3n) is 3.78. The van der Waals surface area contributed by atoms with Crippen molar-refractivity contribution in [3.63, 3.8) is 0 Å². The lowest BCUT2D eigenvalue weighted by molar-refractivity contribution is 0.410. The zero-order valence-corrected chi connectivity index (χ0v) is 13.5. The van der Waals surface area contributed by atoms with Gasteiger partial charge in [0.25, 0.3) is 11.9 Å². The molecule has 0 atom stereocenters. The number of halogens is 4. The predicted molar refractivity (Wildman–Crippen MR) is 87.4 cm³/mol. The van der Waals surface area contributed by atoms with Crippen molar-refractivity contribution < 1.29 is 17.6 Å². The molecule has 0 unspecified atom stereocenters. The molecule has 24 heavy (non-hydrogen) atoms. The summed E-state index contributed by atoms with van der Waals surface area (Å²) in [6, 6.07) is 7.47. The van der Waals surface area contributed by atoms with Gasteiger partial charge in [-0.1, -0.05) is 12.1 Å². The maximum atomic E-state index is 13.5. The molecule has 0 aliphatic carbocycles. The van der Waals surface area contributed by atoms with E-state index < -0.39 is 29.2 Å². The van der Waals surface area contributed by atoms with Crippen LogP contribution < -0.4 is 10.2 Å². The second-order valence-electron chi connectivity index (χ2n) is 5.32. The highest BCUT2D eigenvalue weighted by molar-refractivity contribution is 7.99. The van der Waals surface area contributed by atoms with Crippen LogP contribution in [0.2, 0.25) is 0 Å². The van der Waals surface area contributed by atoms with Gasteiger partial charge in [0.05, 0.1) is 0 Å². The van der Waals surface area contributed by atoms with Crippen LogP contribution in [0.4, 0.5) is 28.9 Å². The van der Waals surface area contributed by atoms with Gasteiger partial charge in [0.2, 0.25) is 11.6 Å². The SMILES string of the molecule is Fc1nc(F)c(F)c(NCc2ccc(N3CCSCC3)cc2)c1F. The van der Waals surface area contributed by atoms with Crippen molar-refractivity contribution in [1.82, 2.24) is 4.98 Å². The van der Waals surface area contributed by atoms with Gasteiger partial charge in [0.1, 0.15) is 5.69 Å². The monoisotopic (exact) mass is 357 g/mol. The lowest BCUT2D eigenvalue weighted by Gasteiger charge is -2.28. The number of anilines is 2. The number of aromatic nitrogens is 1. The van der Waals surface area contributed by atoms with E-state index in [-0.39, 0.29) is 6.54 Å². The Labute approximate surface area is 141 Å². The van der Waals surface area contributed by atoms with Gasteiger partial charge in [-0.15, -0.1) is 0 Å². The first kappa shape index (κ1) is 16.9. The molecule has 3 nitrogen and oxygen atoms in total. The molecule has 0 bridgehead atoms. The standard InChI is InChI=1S/C16H15F4N3S/c17-12-14(13(18)16(20)22-15(12)19)21-9-10-1-3-11(4-2-10)23-5-7-24-8-6-23/h1-4H,5-9H2,(H,21,22). The molecule has 1 N–H and O–H groups in total. The maximum Gasteiger partial charge on any atom is 0.253 e. The molecule has 0 spiro atoms. The second-order valence-corrected chi connectivity index (χ2v) is 6.54. The lowest BCUT2D eigenvalue weighted by atomic mass is 10.2. The number of thioether (sulfide) groups is 1. The highest BCUT2D eigenvalue weighted by Crippen LogP contribution is 2.24. The minimum atomic E-state index is -1.67. The third kappa shape index (κ3) is 3.58. The predicted octanol–water partition coefficient (Wildman–Crippen LogP) is 3.80. The number of nitrogens with one attached hydrogen (secondary N) is 1. The quantitative estimate of drug-likeness (QED) is 0.665. The molecule has 0 amide bonds. The molecule has 1 aromatic carbocycles. The molecule has 0 radical (unpaired) electrons. The number of nitrogens with zero attached hydrogens (tertiary/aromatic N) is 2. The van der Waals surface area contributed by atoms with E-state index in [4.69, 9.17) is 0 Å². The van der Waals surface area contributed by atoms with Crippen LogP contribution in [-0.4, -0.2) is 29.6 Å². The van der Waals surface area contributed by atoms with Gasteiger partial charge in [-0.05, 0) is 17.7 Å². The van der Waals surface area contributed by atoms with Crippen molar-refractivity contribution in [2.24, 2.45) is 0 Å². The van der Waals surface area contributed by atoms with Crippen molar-refractivity contribution in [3.8, 4) is 0 Å². The molecule has 1 saturated heterocycles. The van der Waals surface area contributed by atoms with E-state index in [9.17, 15) is 17.6 Å². The zero-order valence-electron chi connectivity index (χ0n) is 12.7. The zero-order chi connectivity index (χ0) is 17.1. The third-order valence-corrected chi connectivity index (χ3v) is 4.72. The van der Waals surface area contributed by atoms with Gasteiger partial charge in [0, 0.05) is 36.8 Å². The van der Waals surface area contributed by atoms with E-state index in [0.29, 0.717) is 0 Å². The fraction of sp³-hybridized carbons (Fsp3) is 0.312. The van der Waals surface area contributed by atoms with Crippen molar-refractivity contribution >= 4 is 23.1 Å². The molecule has 1 aromatic heterocycles. The first-order valence-corrected chi connectivity index (χ1v) is 8.57. The first-order valence-electron chi connectivity index (χ1n) is 7.42. The smallest absolute Gasteiger partial charge is 0.253 e. The molecule has 2 aromatic rings. The van der Waals surface area contributed by atoms with E-state index in [0.717, 1.165) is 35.8 Å². The average molecular weight is 357 g/mol. The van der Waals surface area contributed by atoms with Gasteiger partial charge in [-0.3, -0.25) is 0 Å². The number of hydrogen-bond acceptors (Lipinski definition) is 4. The molecule has 8 heteroatoms. The summed E-state index contributed by atoms with van der Waals surface area (Å²) in [6.07, 6.45) is 0. The van der Waals surface area contributed by atoms with E-state index in [1.165, 1.54) is 0 Å². The topological polar surface area (TPSA) is 28.2 Å². The minimum absolute atomic E-state index is 0.0346. The average Bonchev–Trinajstić information content (AvgIpc) is 2.61. The summed E-state index contributed by atoms with van der Waals surface area (Å²) >= 11 is 1.92. The van der Waals surface area contributed by atoms with E-state index in [2.05, 4.69) is 15.2 Å². The van der Waals surface area contributed by atoms with Crippen LogP contribution in [0.15, 0.2) is 24.3 Å². The van der Waals surface area contributed by atoms with Crippen LogP contribution >= 0.6 is 11.8 Å². The summed E-state index contributed by atoms with van der Waals surface area (Å²) in [5.41, 5.74) is 0.969. The van der Waals surface area contributed by atoms with Crippen molar-refractivity contribution in [1.29, 1.82) is 0 Å². The summed E-state index contributed by atoms with van der Waals surface area (Å²) in [4.78, 5) is 4.79. The van der Waals surface area contributed by atoms with Crippen LogP contribution in [0.3, 0.4) is 0 Å². The molecule has 128 valence electrons. The number of hydrogen-bond donors (Lipinski definition) is 1. The number of pyridine rings is 1. The van der Waals surface area contributed by atoms with E-state index >= 15 is 0 Å². The summed E-state index contributed by atoms with van der Waals surface area (Å²) in [5.74, 6) is -4.24. The second kappa shape index (κ2) is 7.29. The molecule has 1 aliphatic heterocycles. The Morgan fingerprint density at radius 3 is 2.12 bits per heavy atom. The molecular formula is C16H15F4N3S. The van der Waals surface area contributed by atoms with Crippen LogP contribution in [-0.2, 0) is 6.54 Å². The van der Waals surface area contributed by atoms with Crippen LogP contribution in [0.25, 0.3) is 0 Å². The van der Waals surface area contributed by atoms with Gasteiger partial charge < -0.3 is 10.2 Å². The molecular weight excluding hydrogens is 342 g/mol. The fourth-order valence-electron chi connectivity index (χ4n) is 2.48. The minimum Gasteiger partial charge on any atom is -0.376 e. The van der Waals surface area contributed by atoms with Crippen LogP contribution in [0, 0.1) is 23.5 Å². The highest BCUT2D eigenvalue weighted by Gasteiger charge is 2.20. The number of benzene rings is 1. The van der Waals surface area contributed by atoms with Gasteiger partial charge in [-0.2, -0.15) is 34.3 Å². The van der Waals surface area contributed by atoms with E-state index in [1.54, 1.807) is 0 Å². The Bertz CT molecular complexity index is 692. The van der Waals surface area contributed by atoms with Crippen molar-refractivity contribution in [2.45, 2.75) is 6.54 Å². The Morgan fingerprint density at radius 2 is 1.54 bits per heavy atom. The van der Waals surface area contributed by atoms with Crippen LogP contribution in [0.1, 0.15) is 5.56 Å². The molecule has 0 saturated carbocycles. The lowest BCUT2D eigenvalue weighted by Crippen LogP contribution is -2.32. The fourth-order valence-corrected chi connectivity index (χ4v) is 3.38. The van der Waals surface area contributed by atoms with Gasteiger partial charge >= 0.3 is 0 Å². The Kier molecular flexibility index (Phi) is 5.13. The normalized spacial score (nSPS) is 14.8. The van der Waals surface area contributed by atoms with Crippen molar-refractivity contribution in [2.75, 3.05) is 34.8 Å². The molecule has 1 aliphatic rings. The maximum absolute atomic E-state index is 13.5. The Balaban J connectivity index is 1.69. The van der Waals surface area contributed by atoms with Crippen LogP contribution in [0.5, 0.6) is 0 Å². The summed E-state index contributed by atoms with van der Waals surface area (Å²) < 4.78 is 53.2. The Morgan fingerprint density at radius 1 is 0.958 bits per heavy atom. The molecule has 3 rings (SSSR count). The van der Waals surface area contributed by atoms with Gasteiger partial charge in [0.15, 0.2) is 0 Å². The van der Waals surface area contributed by atoms with Crippen molar-refractivity contribution in [3.05, 3.63) is 53.4 Å². The summed E-state index contributed by atoms with van der Waals surface area (Å²) in [5, 5.41) is 2.39. The summed E-state index contributed by atoms with van der Waals surface area (Å²) in [7, 11) is 0.